The fraction of sp³-hybridized carbons (Fsp3) is 0.889. The van der Waals surface area contributed by atoms with Gasteiger partial charge in [0.05, 0.1) is 0 Å². The number of amides is 1. The van der Waals surface area contributed by atoms with Gasteiger partial charge in [-0.1, -0.05) is 0 Å². The lowest BCUT2D eigenvalue weighted by Crippen LogP contribution is -2.56. The second-order valence-electron chi connectivity index (χ2n) is 3.85. The number of nitrogens with zero attached hydrogens (tertiary/aromatic N) is 2. The maximum absolute atomic E-state index is 11.2. The molecule has 1 fully saturated rings. The fourth-order valence-corrected chi connectivity index (χ4v) is 2.21. The van der Waals surface area contributed by atoms with Gasteiger partial charge in [-0.15, -0.1) is 0 Å². The van der Waals surface area contributed by atoms with Crippen molar-refractivity contribution in [2.24, 2.45) is 0 Å². The third-order valence-corrected chi connectivity index (χ3v) is 2.47. The van der Waals surface area contributed by atoms with Gasteiger partial charge in [0, 0.05) is 32.1 Å². The van der Waals surface area contributed by atoms with Crippen molar-refractivity contribution in [2.75, 3.05) is 20.1 Å². The molecule has 3 nitrogen and oxygen atoms in total. The number of hydrogen-bond donors (Lipinski definition) is 0. The molecule has 1 aliphatic rings. The number of carbonyl (C=O) groups excluding carboxylic acids is 1. The maximum Gasteiger partial charge on any atom is 0.220 e. The molecular weight excluding hydrogens is 152 g/mol. The van der Waals surface area contributed by atoms with Gasteiger partial charge in [0.15, 0.2) is 0 Å². The van der Waals surface area contributed by atoms with Gasteiger partial charge < -0.3 is 9.80 Å². The van der Waals surface area contributed by atoms with Crippen LogP contribution in [-0.4, -0.2) is 47.9 Å². The Morgan fingerprint density at radius 1 is 1.25 bits per heavy atom. The molecular formula is C9H18N2O. The Balaban J connectivity index is 2.66. The van der Waals surface area contributed by atoms with Gasteiger partial charge in [-0.2, -0.15) is 0 Å². The summed E-state index contributed by atoms with van der Waals surface area (Å²) in [6, 6.07) is 0.715. The van der Waals surface area contributed by atoms with E-state index in [-0.39, 0.29) is 5.91 Å². The van der Waals surface area contributed by atoms with Crippen molar-refractivity contribution in [3.8, 4) is 0 Å². The molecule has 0 aromatic heterocycles. The summed E-state index contributed by atoms with van der Waals surface area (Å²) < 4.78 is 0. The Bertz CT molecular complexity index is 169. The van der Waals surface area contributed by atoms with E-state index in [2.05, 4.69) is 25.8 Å². The number of rotatable bonds is 0. The first-order valence-electron chi connectivity index (χ1n) is 4.49. The van der Waals surface area contributed by atoms with Crippen LogP contribution in [0.4, 0.5) is 0 Å². The molecule has 0 aromatic carbocycles. The first-order valence-corrected chi connectivity index (χ1v) is 4.49. The van der Waals surface area contributed by atoms with Gasteiger partial charge in [0.1, 0.15) is 0 Å². The predicted molar refractivity (Wildman–Crippen MR) is 48.9 cm³/mol. The minimum Gasteiger partial charge on any atom is -0.335 e. The lowest BCUT2D eigenvalue weighted by molar-refractivity contribution is -0.136. The second-order valence-corrected chi connectivity index (χ2v) is 3.85. The highest BCUT2D eigenvalue weighted by atomic mass is 16.2. The van der Waals surface area contributed by atoms with Gasteiger partial charge in [-0.25, -0.2) is 0 Å². The zero-order valence-electron chi connectivity index (χ0n) is 8.37. The van der Waals surface area contributed by atoms with E-state index in [1.54, 1.807) is 6.92 Å². The lowest BCUT2D eigenvalue weighted by Gasteiger charge is -2.42. The van der Waals surface area contributed by atoms with Gasteiger partial charge in [0.2, 0.25) is 5.91 Å². The molecule has 1 amide bonds. The van der Waals surface area contributed by atoms with Crippen LogP contribution in [0.25, 0.3) is 0 Å². The maximum atomic E-state index is 11.2. The first kappa shape index (κ1) is 9.52. The minimum absolute atomic E-state index is 0.197. The van der Waals surface area contributed by atoms with Gasteiger partial charge in [-0.3, -0.25) is 4.79 Å². The Morgan fingerprint density at radius 2 is 1.67 bits per heavy atom. The van der Waals surface area contributed by atoms with Crippen LogP contribution in [0, 0.1) is 0 Å². The molecule has 0 aliphatic carbocycles. The highest BCUT2D eigenvalue weighted by Gasteiger charge is 2.28. The van der Waals surface area contributed by atoms with Crippen molar-refractivity contribution in [2.45, 2.75) is 32.9 Å². The zero-order valence-corrected chi connectivity index (χ0v) is 8.37. The standard InChI is InChI=1S/C9H18N2O/c1-7-5-10(4)6-8(2)11(7)9(3)12/h7-8H,5-6H2,1-4H3/t7-,8-/m0/s1. The van der Waals surface area contributed by atoms with Crippen LogP contribution in [0.1, 0.15) is 20.8 Å². The highest BCUT2D eigenvalue weighted by Crippen LogP contribution is 2.13. The largest absolute Gasteiger partial charge is 0.335 e. The van der Waals surface area contributed by atoms with Crippen LogP contribution < -0.4 is 0 Å². The molecule has 0 unspecified atom stereocenters. The Kier molecular flexibility index (Phi) is 2.73. The Labute approximate surface area is 74.3 Å². The Morgan fingerprint density at radius 3 is 2.00 bits per heavy atom. The average Bonchev–Trinajstić information content (AvgIpc) is 1.82. The molecule has 0 spiro atoms. The van der Waals surface area contributed by atoms with Crippen molar-refractivity contribution in [3.63, 3.8) is 0 Å². The normalized spacial score (nSPS) is 32.2. The van der Waals surface area contributed by atoms with Gasteiger partial charge in [0.25, 0.3) is 0 Å². The summed E-state index contributed by atoms with van der Waals surface area (Å²) in [5.41, 5.74) is 0. The molecule has 0 aromatic rings. The Hall–Kier alpha value is -0.570. The smallest absolute Gasteiger partial charge is 0.220 e. The van der Waals surface area contributed by atoms with E-state index < -0.39 is 0 Å². The van der Waals surface area contributed by atoms with Gasteiger partial charge in [-0.05, 0) is 20.9 Å². The third kappa shape index (κ3) is 1.78. The summed E-state index contributed by atoms with van der Waals surface area (Å²) in [6.07, 6.45) is 0. The zero-order chi connectivity index (χ0) is 9.30. The summed E-state index contributed by atoms with van der Waals surface area (Å²) in [5, 5.41) is 0. The first-order chi connectivity index (χ1) is 5.52. The van der Waals surface area contributed by atoms with E-state index >= 15 is 0 Å². The molecule has 1 saturated heterocycles. The third-order valence-electron chi connectivity index (χ3n) is 2.47. The van der Waals surface area contributed by atoms with E-state index in [1.165, 1.54) is 0 Å². The van der Waals surface area contributed by atoms with Crippen molar-refractivity contribution in [3.05, 3.63) is 0 Å². The predicted octanol–water partition coefficient (Wildman–Crippen LogP) is 0.557. The van der Waals surface area contributed by atoms with Crippen molar-refractivity contribution in [1.29, 1.82) is 0 Å². The summed E-state index contributed by atoms with van der Waals surface area (Å²) in [4.78, 5) is 15.5. The molecule has 12 heavy (non-hydrogen) atoms. The summed E-state index contributed by atoms with van der Waals surface area (Å²) in [6.45, 7) is 7.84. The summed E-state index contributed by atoms with van der Waals surface area (Å²) in [5.74, 6) is 0.197. The topological polar surface area (TPSA) is 23.6 Å². The van der Waals surface area contributed by atoms with E-state index in [4.69, 9.17) is 0 Å². The second kappa shape index (κ2) is 3.44. The molecule has 70 valence electrons. The number of hydrogen-bond acceptors (Lipinski definition) is 2. The van der Waals surface area contributed by atoms with Crippen LogP contribution >= 0.6 is 0 Å². The molecule has 0 saturated carbocycles. The highest BCUT2D eigenvalue weighted by molar-refractivity contribution is 5.74. The molecule has 1 aliphatic heterocycles. The number of piperazine rings is 1. The van der Waals surface area contributed by atoms with Crippen LogP contribution in [0.15, 0.2) is 0 Å². The van der Waals surface area contributed by atoms with Crippen LogP contribution in [-0.2, 0) is 4.79 Å². The van der Waals surface area contributed by atoms with E-state index in [0.717, 1.165) is 13.1 Å². The summed E-state index contributed by atoms with van der Waals surface area (Å²) >= 11 is 0. The lowest BCUT2D eigenvalue weighted by atomic mass is 10.1. The van der Waals surface area contributed by atoms with Crippen LogP contribution in [0.5, 0.6) is 0 Å². The van der Waals surface area contributed by atoms with Crippen LogP contribution in [0.2, 0.25) is 0 Å². The minimum atomic E-state index is 0.197. The van der Waals surface area contributed by atoms with Gasteiger partial charge >= 0.3 is 0 Å². The SMILES string of the molecule is CC(=O)N1[C@@H](C)CN(C)C[C@@H]1C. The molecule has 2 atom stereocenters. The average molecular weight is 170 g/mol. The van der Waals surface area contributed by atoms with E-state index in [0.29, 0.717) is 12.1 Å². The number of likely N-dealkylation sites (N-methyl/N-ethyl adjacent to an activating group) is 1. The van der Waals surface area contributed by atoms with E-state index in [1.807, 2.05) is 4.90 Å². The molecule has 3 heteroatoms. The summed E-state index contributed by atoms with van der Waals surface area (Å²) in [7, 11) is 2.10. The molecule has 0 radical (unpaired) electrons. The van der Waals surface area contributed by atoms with E-state index in [9.17, 15) is 4.79 Å². The molecule has 1 rings (SSSR count). The fourth-order valence-electron chi connectivity index (χ4n) is 2.21. The molecule has 1 heterocycles. The van der Waals surface area contributed by atoms with Crippen molar-refractivity contribution < 1.29 is 4.79 Å². The number of carbonyl (C=O) groups is 1. The quantitative estimate of drug-likeness (QED) is 0.530. The molecule has 0 bridgehead atoms. The van der Waals surface area contributed by atoms with Crippen molar-refractivity contribution >= 4 is 5.91 Å². The molecule has 0 N–H and O–H groups in total. The monoisotopic (exact) mass is 170 g/mol. The van der Waals surface area contributed by atoms with Crippen molar-refractivity contribution in [1.82, 2.24) is 9.80 Å². The van der Waals surface area contributed by atoms with Crippen LogP contribution in [0.3, 0.4) is 0 Å².